The van der Waals surface area contributed by atoms with Crippen LogP contribution in [0.15, 0.2) is 24.4 Å². The van der Waals surface area contributed by atoms with Crippen LogP contribution in [0.1, 0.15) is 24.2 Å². The zero-order valence-electron chi connectivity index (χ0n) is 14.6. The van der Waals surface area contributed by atoms with Crippen molar-refractivity contribution in [1.82, 2.24) is 19.2 Å². The van der Waals surface area contributed by atoms with Crippen LogP contribution in [0.4, 0.5) is 4.79 Å². The van der Waals surface area contributed by atoms with Gasteiger partial charge in [0.05, 0.1) is 30.9 Å². The Hall–Kier alpha value is -2.57. The summed E-state index contributed by atoms with van der Waals surface area (Å²) in [5.41, 5.74) is 2.09. The van der Waals surface area contributed by atoms with E-state index in [9.17, 15) is 9.59 Å². The van der Waals surface area contributed by atoms with Gasteiger partial charge in [0, 0.05) is 19.8 Å². The van der Waals surface area contributed by atoms with Gasteiger partial charge in [0.2, 0.25) is 5.91 Å². The van der Waals surface area contributed by atoms with Crippen molar-refractivity contribution in [2.75, 3.05) is 26.7 Å². The number of rotatable bonds is 2. The van der Waals surface area contributed by atoms with Crippen LogP contribution in [0, 0.1) is 6.92 Å². The topological polar surface area (TPSA) is 67.2 Å². The predicted octanol–water partition coefficient (Wildman–Crippen LogP) is 1.63. The molecule has 2 aliphatic heterocycles. The summed E-state index contributed by atoms with van der Waals surface area (Å²) in [5.74, 6) is 0.0541. The number of aryl methyl sites for hydroxylation is 1. The molecule has 1 unspecified atom stereocenters. The number of fused-ring (bicyclic) bond motifs is 1. The lowest BCUT2D eigenvalue weighted by molar-refractivity contribution is -0.136. The normalized spacial score (nSPS) is 23.5. The largest absolute Gasteiger partial charge is 0.439 e. The lowest BCUT2D eigenvalue weighted by Gasteiger charge is -2.38. The summed E-state index contributed by atoms with van der Waals surface area (Å²) in [5, 5.41) is 0. The summed E-state index contributed by atoms with van der Waals surface area (Å²) >= 11 is 0. The zero-order valence-corrected chi connectivity index (χ0v) is 14.6. The number of likely N-dealkylation sites (tertiary alicyclic amines) is 1. The molecule has 2 aromatic heterocycles. The van der Waals surface area contributed by atoms with Crippen LogP contribution < -0.4 is 0 Å². The number of aromatic nitrogens is 2. The molecule has 25 heavy (non-hydrogen) atoms. The third-order valence-electron chi connectivity index (χ3n) is 5.18. The molecule has 0 N–H and O–H groups in total. The Kier molecular flexibility index (Phi) is 3.67. The van der Waals surface area contributed by atoms with Crippen LogP contribution in [0.25, 0.3) is 5.65 Å². The molecule has 0 saturated carbocycles. The lowest BCUT2D eigenvalue weighted by Crippen LogP contribution is -2.52. The Morgan fingerprint density at radius 3 is 2.96 bits per heavy atom. The number of imidazole rings is 1. The summed E-state index contributed by atoms with van der Waals surface area (Å²) in [6, 6.07) is 5.81. The van der Waals surface area contributed by atoms with Gasteiger partial charge in [0.15, 0.2) is 0 Å². The average molecular weight is 342 g/mol. The van der Waals surface area contributed by atoms with Crippen molar-refractivity contribution >= 4 is 17.6 Å². The van der Waals surface area contributed by atoms with Gasteiger partial charge in [-0.25, -0.2) is 9.78 Å². The predicted molar refractivity (Wildman–Crippen MR) is 91.3 cm³/mol. The number of hydrogen-bond acceptors (Lipinski definition) is 4. The summed E-state index contributed by atoms with van der Waals surface area (Å²) in [6.45, 7) is 3.65. The molecule has 7 nitrogen and oxygen atoms in total. The second-order valence-corrected chi connectivity index (χ2v) is 7.08. The van der Waals surface area contributed by atoms with Gasteiger partial charge in [-0.3, -0.25) is 4.79 Å². The van der Waals surface area contributed by atoms with Crippen molar-refractivity contribution in [3.8, 4) is 0 Å². The van der Waals surface area contributed by atoms with Gasteiger partial charge in [-0.2, -0.15) is 0 Å². The van der Waals surface area contributed by atoms with Crippen molar-refractivity contribution in [2.45, 2.75) is 31.8 Å². The number of nitrogens with zero attached hydrogens (tertiary/aromatic N) is 4. The number of carbonyl (C=O) groups is 2. The maximum absolute atomic E-state index is 12.9. The molecule has 0 aromatic carbocycles. The molecule has 1 atom stereocenters. The second kappa shape index (κ2) is 5.75. The van der Waals surface area contributed by atoms with E-state index in [-0.39, 0.29) is 12.0 Å². The summed E-state index contributed by atoms with van der Waals surface area (Å²) < 4.78 is 7.56. The highest BCUT2D eigenvalue weighted by atomic mass is 16.6. The van der Waals surface area contributed by atoms with E-state index in [2.05, 4.69) is 4.98 Å². The molecule has 2 amide bonds. The molecule has 2 fully saturated rings. The fourth-order valence-electron chi connectivity index (χ4n) is 3.95. The number of carbonyl (C=O) groups excluding carboxylic acids is 2. The summed E-state index contributed by atoms with van der Waals surface area (Å²) in [7, 11) is 1.74. The molecule has 2 aromatic rings. The number of likely N-dealkylation sites (N-methyl/N-ethyl adjacent to an activating group) is 1. The van der Waals surface area contributed by atoms with Crippen LogP contribution in [0.2, 0.25) is 0 Å². The van der Waals surface area contributed by atoms with Gasteiger partial charge in [-0.1, -0.05) is 6.07 Å². The minimum absolute atomic E-state index is 0.0541. The molecule has 0 bridgehead atoms. The van der Waals surface area contributed by atoms with Gasteiger partial charge in [-0.05, 0) is 31.9 Å². The minimum atomic E-state index is -0.547. The highest BCUT2D eigenvalue weighted by Crippen LogP contribution is 2.31. The van der Waals surface area contributed by atoms with Crippen LogP contribution in [0.5, 0.6) is 0 Å². The minimum Gasteiger partial charge on any atom is -0.439 e. The van der Waals surface area contributed by atoms with Crippen molar-refractivity contribution in [3.63, 3.8) is 0 Å². The number of piperidine rings is 1. The zero-order chi connectivity index (χ0) is 17.6. The Labute approximate surface area is 146 Å². The molecule has 0 aliphatic carbocycles. The molecule has 0 radical (unpaired) electrons. The van der Waals surface area contributed by atoms with Crippen LogP contribution in [-0.2, 0) is 16.0 Å². The average Bonchev–Trinajstić information content (AvgIpc) is 3.04. The first-order valence-electron chi connectivity index (χ1n) is 8.62. The third kappa shape index (κ3) is 2.73. The fraction of sp³-hybridized carbons (Fsp3) is 0.500. The molecule has 7 heteroatoms. The quantitative estimate of drug-likeness (QED) is 0.832. The highest BCUT2D eigenvalue weighted by Gasteiger charge is 2.47. The number of ether oxygens (including phenoxy) is 1. The van der Waals surface area contributed by atoms with Gasteiger partial charge < -0.3 is 18.9 Å². The molecular weight excluding hydrogens is 320 g/mol. The van der Waals surface area contributed by atoms with E-state index in [1.807, 2.05) is 40.6 Å². The van der Waals surface area contributed by atoms with E-state index < -0.39 is 5.60 Å². The summed E-state index contributed by atoms with van der Waals surface area (Å²) in [4.78, 5) is 32.6. The van der Waals surface area contributed by atoms with Gasteiger partial charge in [0.1, 0.15) is 11.2 Å². The summed E-state index contributed by atoms with van der Waals surface area (Å²) in [6.07, 6.45) is 3.59. The smallest absolute Gasteiger partial charge is 0.410 e. The first-order valence-corrected chi connectivity index (χ1v) is 8.62. The number of hydrogen-bond donors (Lipinski definition) is 0. The van der Waals surface area contributed by atoms with Crippen molar-refractivity contribution in [2.24, 2.45) is 0 Å². The van der Waals surface area contributed by atoms with Gasteiger partial charge in [0.25, 0.3) is 0 Å². The molecule has 2 aliphatic rings. The Balaban J connectivity index is 1.53. The molecule has 1 spiro atoms. The standard InChI is InChI=1S/C18H22N4O3/c1-13-14(22-9-4-3-6-15(22)19-13)10-16(23)21-8-5-7-18(12-21)11-20(2)17(24)25-18/h3-4,6,9H,5,7-8,10-12H2,1-2H3. The van der Waals surface area contributed by atoms with Crippen LogP contribution in [-0.4, -0.2) is 63.5 Å². The monoisotopic (exact) mass is 342 g/mol. The first kappa shape index (κ1) is 15.9. The molecular formula is C18H22N4O3. The Morgan fingerprint density at radius 1 is 1.36 bits per heavy atom. The fourth-order valence-corrected chi connectivity index (χ4v) is 3.95. The van der Waals surface area contributed by atoms with E-state index in [4.69, 9.17) is 4.74 Å². The maximum Gasteiger partial charge on any atom is 0.410 e. The van der Waals surface area contributed by atoms with E-state index >= 15 is 0 Å². The molecule has 132 valence electrons. The van der Waals surface area contributed by atoms with Crippen molar-refractivity contribution in [1.29, 1.82) is 0 Å². The Morgan fingerprint density at radius 2 is 2.20 bits per heavy atom. The molecule has 4 heterocycles. The van der Waals surface area contributed by atoms with Crippen LogP contribution in [0.3, 0.4) is 0 Å². The highest BCUT2D eigenvalue weighted by molar-refractivity contribution is 5.79. The van der Waals surface area contributed by atoms with E-state index in [0.29, 0.717) is 26.1 Å². The third-order valence-corrected chi connectivity index (χ3v) is 5.18. The number of amides is 2. The lowest BCUT2D eigenvalue weighted by atomic mass is 9.92. The Bertz CT molecular complexity index is 846. The van der Waals surface area contributed by atoms with E-state index in [1.54, 1.807) is 11.9 Å². The second-order valence-electron chi connectivity index (χ2n) is 7.08. The van der Waals surface area contributed by atoms with Crippen molar-refractivity contribution in [3.05, 3.63) is 35.8 Å². The number of pyridine rings is 1. The van der Waals surface area contributed by atoms with Gasteiger partial charge in [-0.15, -0.1) is 0 Å². The van der Waals surface area contributed by atoms with E-state index in [1.165, 1.54) is 0 Å². The van der Waals surface area contributed by atoms with Gasteiger partial charge >= 0.3 is 6.09 Å². The van der Waals surface area contributed by atoms with Crippen LogP contribution >= 0.6 is 0 Å². The van der Waals surface area contributed by atoms with Crippen molar-refractivity contribution < 1.29 is 14.3 Å². The SMILES string of the molecule is Cc1nc2ccccn2c1CC(=O)N1CCCC2(CN(C)C(=O)O2)C1. The molecule has 2 saturated heterocycles. The molecule has 4 rings (SSSR count). The van der Waals surface area contributed by atoms with E-state index in [0.717, 1.165) is 29.9 Å². The first-order chi connectivity index (χ1) is 12.0. The maximum atomic E-state index is 12.9.